The van der Waals surface area contributed by atoms with Crippen molar-refractivity contribution in [2.45, 2.75) is 33.1 Å². The number of anilines is 1. The Labute approximate surface area is 81.2 Å². The van der Waals surface area contributed by atoms with Crippen molar-refractivity contribution in [3.8, 4) is 0 Å². The van der Waals surface area contributed by atoms with Crippen LogP contribution in [0.4, 0.5) is 5.69 Å². The average Bonchev–Trinajstić information content (AvgIpc) is 2.18. The molecule has 1 nitrogen and oxygen atoms in total. The molecule has 0 radical (unpaired) electrons. The Hall–Kier alpha value is -0.980. The smallest absolute Gasteiger partial charge is 0.0370 e. The van der Waals surface area contributed by atoms with E-state index >= 15 is 0 Å². The molecule has 0 bridgehead atoms. The van der Waals surface area contributed by atoms with E-state index in [2.05, 4.69) is 37.4 Å². The van der Waals surface area contributed by atoms with Gasteiger partial charge in [0.15, 0.2) is 0 Å². The van der Waals surface area contributed by atoms with E-state index in [-0.39, 0.29) is 0 Å². The Morgan fingerprint density at radius 2 is 2.00 bits per heavy atom. The maximum absolute atomic E-state index is 3.23. The summed E-state index contributed by atoms with van der Waals surface area (Å²) in [4.78, 5) is 0. The first-order valence-corrected chi connectivity index (χ1v) is 5.11. The van der Waals surface area contributed by atoms with Gasteiger partial charge in [-0.3, -0.25) is 0 Å². The van der Waals surface area contributed by atoms with E-state index in [1.165, 1.54) is 29.7 Å². The topological polar surface area (TPSA) is 12.0 Å². The van der Waals surface area contributed by atoms with Crippen molar-refractivity contribution in [3.05, 3.63) is 29.3 Å². The van der Waals surface area contributed by atoms with Crippen LogP contribution < -0.4 is 5.32 Å². The zero-order valence-electron chi connectivity index (χ0n) is 8.85. The van der Waals surface area contributed by atoms with Crippen molar-refractivity contribution in [2.24, 2.45) is 0 Å². The van der Waals surface area contributed by atoms with Crippen molar-refractivity contribution < 1.29 is 0 Å². The van der Waals surface area contributed by atoms with E-state index in [0.717, 1.165) is 6.42 Å². The van der Waals surface area contributed by atoms with Crippen LogP contribution in [-0.4, -0.2) is 7.05 Å². The first-order chi connectivity index (χ1) is 6.31. The van der Waals surface area contributed by atoms with Gasteiger partial charge in [0.25, 0.3) is 0 Å². The van der Waals surface area contributed by atoms with Crippen molar-refractivity contribution >= 4 is 5.69 Å². The number of rotatable bonds is 4. The molecule has 0 atom stereocenters. The highest BCUT2D eigenvalue weighted by Gasteiger charge is 2.00. The molecule has 0 aliphatic heterocycles. The molecule has 72 valence electrons. The summed E-state index contributed by atoms with van der Waals surface area (Å²) in [6.07, 6.45) is 3.51. The third-order valence-electron chi connectivity index (χ3n) is 2.37. The fourth-order valence-corrected chi connectivity index (χ4v) is 1.59. The van der Waals surface area contributed by atoms with Gasteiger partial charge in [0.05, 0.1) is 0 Å². The third-order valence-corrected chi connectivity index (χ3v) is 2.37. The fourth-order valence-electron chi connectivity index (χ4n) is 1.59. The number of benzene rings is 1. The van der Waals surface area contributed by atoms with Gasteiger partial charge in [-0.1, -0.05) is 32.4 Å². The van der Waals surface area contributed by atoms with Gasteiger partial charge in [-0.2, -0.15) is 0 Å². The quantitative estimate of drug-likeness (QED) is 0.744. The Kier molecular flexibility index (Phi) is 3.81. The van der Waals surface area contributed by atoms with Gasteiger partial charge in [0.2, 0.25) is 0 Å². The predicted molar refractivity (Wildman–Crippen MR) is 59.4 cm³/mol. The first kappa shape index (κ1) is 10.1. The van der Waals surface area contributed by atoms with Crippen LogP contribution in [-0.2, 0) is 12.8 Å². The zero-order valence-corrected chi connectivity index (χ0v) is 8.85. The summed E-state index contributed by atoms with van der Waals surface area (Å²) in [5, 5.41) is 3.23. The molecule has 0 saturated carbocycles. The van der Waals surface area contributed by atoms with Crippen LogP contribution in [0.2, 0.25) is 0 Å². The molecule has 0 aliphatic carbocycles. The molecular weight excluding hydrogens is 158 g/mol. The monoisotopic (exact) mass is 177 g/mol. The van der Waals surface area contributed by atoms with Crippen molar-refractivity contribution in [1.29, 1.82) is 0 Å². The van der Waals surface area contributed by atoms with Gasteiger partial charge in [0, 0.05) is 12.7 Å². The van der Waals surface area contributed by atoms with Crippen molar-refractivity contribution in [1.82, 2.24) is 0 Å². The normalized spacial score (nSPS) is 10.1. The first-order valence-electron chi connectivity index (χ1n) is 5.11. The van der Waals surface area contributed by atoms with E-state index in [4.69, 9.17) is 0 Å². The molecule has 0 fully saturated rings. The van der Waals surface area contributed by atoms with Crippen molar-refractivity contribution in [3.63, 3.8) is 0 Å². The SMILES string of the molecule is CCCc1cc(CC)ccc1NC. The fraction of sp³-hybridized carbons (Fsp3) is 0.500. The van der Waals surface area contributed by atoms with Gasteiger partial charge in [-0.25, -0.2) is 0 Å². The Morgan fingerprint density at radius 1 is 1.23 bits per heavy atom. The van der Waals surface area contributed by atoms with Crippen LogP contribution in [0.3, 0.4) is 0 Å². The van der Waals surface area contributed by atoms with Crippen molar-refractivity contribution in [2.75, 3.05) is 12.4 Å². The van der Waals surface area contributed by atoms with E-state index in [0.29, 0.717) is 0 Å². The summed E-state index contributed by atoms with van der Waals surface area (Å²) in [5.41, 5.74) is 4.16. The molecule has 0 spiro atoms. The van der Waals surface area contributed by atoms with Gasteiger partial charge < -0.3 is 5.32 Å². The largest absolute Gasteiger partial charge is 0.388 e. The second kappa shape index (κ2) is 4.90. The lowest BCUT2D eigenvalue weighted by Gasteiger charge is -2.09. The molecule has 0 amide bonds. The Balaban J connectivity index is 2.95. The molecule has 1 rings (SSSR count). The lowest BCUT2D eigenvalue weighted by Crippen LogP contribution is -1.96. The van der Waals surface area contributed by atoms with E-state index < -0.39 is 0 Å². The maximum Gasteiger partial charge on any atom is 0.0370 e. The van der Waals surface area contributed by atoms with Gasteiger partial charge in [-0.05, 0) is 30.0 Å². The van der Waals surface area contributed by atoms with Crippen LogP contribution in [0.5, 0.6) is 0 Å². The molecule has 0 unspecified atom stereocenters. The van der Waals surface area contributed by atoms with Crippen LogP contribution in [0, 0.1) is 0 Å². The van der Waals surface area contributed by atoms with Crippen LogP contribution in [0.15, 0.2) is 18.2 Å². The Bertz CT molecular complexity index is 266. The third kappa shape index (κ3) is 2.48. The van der Waals surface area contributed by atoms with E-state index in [9.17, 15) is 0 Å². The summed E-state index contributed by atoms with van der Waals surface area (Å²) in [6.45, 7) is 4.42. The number of nitrogens with one attached hydrogen (secondary N) is 1. The lowest BCUT2D eigenvalue weighted by molar-refractivity contribution is 0.918. The molecule has 1 heteroatoms. The van der Waals surface area contributed by atoms with Gasteiger partial charge in [0.1, 0.15) is 0 Å². The molecule has 0 aromatic heterocycles. The van der Waals surface area contributed by atoms with Crippen LogP contribution in [0.25, 0.3) is 0 Å². The summed E-state index contributed by atoms with van der Waals surface area (Å²) in [6, 6.07) is 6.70. The predicted octanol–water partition coefficient (Wildman–Crippen LogP) is 3.24. The van der Waals surface area contributed by atoms with E-state index in [1.807, 2.05) is 7.05 Å². The lowest BCUT2D eigenvalue weighted by atomic mass is 10.0. The molecule has 1 aromatic rings. The highest BCUT2D eigenvalue weighted by atomic mass is 14.8. The summed E-state index contributed by atoms with van der Waals surface area (Å²) < 4.78 is 0. The minimum Gasteiger partial charge on any atom is -0.388 e. The maximum atomic E-state index is 3.23. The Morgan fingerprint density at radius 3 is 2.54 bits per heavy atom. The summed E-state index contributed by atoms with van der Waals surface area (Å²) in [7, 11) is 1.99. The highest BCUT2D eigenvalue weighted by Crippen LogP contribution is 2.18. The van der Waals surface area contributed by atoms with Gasteiger partial charge >= 0.3 is 0 Å². The number of hydrogen-bond donors (Lipinski definition) is 1. The molecule has 0 saturated heterocycles. The minimum absolute atomic E-state index is 1.13. The number of aryl methyl sites for hydroxylation is 2. The highest BCUT2D eigenvalue weighted by molar-refractivity contribution is 5.52. The molecule has 1 N–H and O–H groups in total. The molecular formula is C12H19N. The molecule has 13 heavy (non-hydrogen) atoms. The standard InChI is InChI=1S/C12H19N/c1-4-6-11-9-10(5-2)7-8-12(11)13-3/h7-9,13H,4-6H2,1-3H3. The van der Waals surface area contributed by atoms with Crippen LogP contribution in [0.1, 0.15) is 31.4 Å². The second-order valence-electron chi connectivity index (χ2n) is 3.35. The summed E-state index contributed by atoms with van der Waals surface area (Å²) in [5.74, 6) is 0. The number of hydrogen-bond acceptors (Lipinski definition) is 1. The van der Waals surface area contributed by atoms with E-state index in [1.54, 1.807) is 0 Å². The molecule has 0 heterocycles. The summed E-state index contributed by atoms with van der Waals surface area (Å²) >= 11 is 0. The van der Waals surface area contributed by atoms with Crippen LogP contribution >= 0.6 is 0 Å². The molecule has 0 aliphatic rings. The zero-order chi connectivity index (χ0) is 9.68. The average molecular weight is 177 g/mol. The van der Waals surface area contributed by atoms with Gasteiger partial charge in [-0.15, -0.1) is 0 Å². The molecule has 1 aromatic carbocycles. The second-order valence-corrected chi connectivity index (χ2v) is 3.35. The minimum atomic E-state index is 1.13.